The smallest absolute Gasteiger partial charge is 0.302 e. The number of benzene rings is 1. The van der Waals surface area contributed by atoms with E-state index in [2.05, 4.69) is 10.2 Å². The molecule has 8 heteroatoms. The summed E-state index contributed by atoms with van der Waals surface area (Å²) in [5.41, 5.74) is 1.80. The van der Waals surface area contributed by atoms with Gasteiger partial charge in [0.2, 0.25) is 0 Å². The van der Waals surface area contributed by atoms with Crippen LogP contribution in [0.15, 0.2) is 30.6 Å². The van der Waals surface area contributed by atoms with Crippen molar-refractivity contribution in [1.82, 2.24) is 19.9 Å². The van der Waals surface area contributed by atoms with Gasteiger partial charge in [0.25, 0.3) is 5.91 Å². The predicted molar refractivity (Wildman–Crippen MR) is 96.2 cm³/mol. The molecule has 26 heavy (non-hydrogen) atoms. The quantitative estimate of drug-likeness (QED) is 0.592. The van der Waals surface area contributed by atoms with Crippen LogP contribution in [0, 0.1) is 0 Å². The van der Waals surface area contributed by atoms with Crippen LogP contribution < -0.4 is 0 Å². The molecule has 0 saturated carbocycles. The number of piperidine rings is 1. The van der Waals surface area contributed by atoms with E-state index in [0.717, 1.165) is 24.8 Å². The van der Waals surface area contributed by atoms with Gasteiger partial charge in [-0.3, -0.25) is 9.59 Å². The second-order valence-corrected chi connectivity index (χ2v) is 6.56. The Morgan fingerprint density at radius 2 is 2.04 bits per heavy atom. The summed E-state index contributed by atoms with van der Waals surface area (Å²) >= 11 is 6.08. The standard InChI is InChI=1S/C18H21ClN4O3/c1-13(24)26-12-14-5-6-17(23-20-7-8-21-23)16(10-14)18(25)22-9-3-2-4-15(22)11-19/h5-8,10,15H,2-4,9,11-12H2,1H3/t15-/m0/s1. The normalized spacial score (nSPS) is 17.2. The molecule has 1 aromatic carbocycles. The van der Waals surface area contributed by atoms with Gasteiger partial charge >= 0.3 is 5.97 Å². The second kappa shape index (κ2) is 8.31. The maximum Gasteiger partial charge on any atom is 0.302 e. The van der Waals surface area contributed by atoms with Gasteiger partial charge in [0.05, 0.1) is 23.6 Å². The molecule has 0 N–H and O–H groups in total. The fourth-order valence-electron chi connectivity index (χ4n) is 3.13. The lowest BCUT2D eigenvalue weighted by Crippen LogP contribution is -2.45. The van der Waals surface area contributed by atoms with Gasteiger partial charge in [-0.25, -0.2) is 0 Å². The highest BCUT2D eigenvalue weighted by Crippen LogP contribution is 2.24. The zero-order valence-electron chi connectivity index (χ0n) is 14.6. The lowest BCUT2D eigenvalue weighted by atomic mass is 10.0. The van der Waals surface area contributed by atoms with Crippen molar-refractivity contribution in [2.45, 2.75) is 38.8 Å². The first kappa shape index (κ1) is 18.4. The number of hydrogen-bond donors (Lipinski definition) is 0. The minimum Gasteiger partial charge on any atom is -0.461 e. The van der Waals surface area contributed by atoms with E-state index in [1.807, 2.05) is 4.90 Å². The van der Waals surface area contributed by atoms with E-state index in [-0.39, 0.29) is 24.5 Å². The summed E-state index contributed by atoms with van der Waals surface area (Å²) in [6, 6.07) is 5.33. The number of carbonyl (C=O) groups excluding carboxylic acids is 2. The van der Waals surface area contributed by atoms with Gasteiger partial charge in [-0.05, 0) is 37.0 Å². The largest absolute Gasteiger partial charge is 0.461 e. The fourth-order valence-corrected chi connectivity index (χ4v) is 3.45. The lowest BCUT2D eigenvalue weighted by molar-refractivity contribution is -0.142. The number of amides is 1. The molecular formula is C18H21ClN4O3. The molecule has 2 aromatic rings. The van der Waals surface area contributed by atoms with Crippen molar-refractivity contribution in [3.63, 3.8) is 0 Å². The highest BCUT2D eigenvalue weighted by atomic mass is 35.5. The van der Waals surface area contributed by atoms with Crippen LogP contribution in [0.2, 0.25) is 0 Å². The van der Waals surface area contributed by atoms with Gasteiger partial charge < -0.3 is 9.64 Å². The molecule has 3 rings (SSSR count). The Morgan fingerprint density at radius 3 is 2.73 bits per heavy atom. The molecule has 1 aromatic heterocycles. The average Bonchev–Trinajstić information content (AvgIpc) is 3.20. The first-order valence-corrected chi connectivity index (χ1v) is 9.13. The van der Waals surface area contributed by atoms with Gasteiger partial charge in [-0.15, -0.1) is 11.6 Å². The summed E-state index contributed by atoms with van der Waals surface area (Å²) in [4.78, 5) is 27.6. The van der Waals surface area contributed by atoms with E-state index in [9.17, 15) is 9.59 Å². The highest BCUT2D eigenvalue weighted by molar-refractivity contribution is 6.18. The minimum absolute atomic E-state index is 0.0217. The number of alkyl halides is 1. The Hall–Kier alpha value is -2.41. The van der Waals surface area contributed by atoms with Crippen molar-refractivity contribution in [3.8, 4) is 5.69 Å². The van der Waals surface area contributed by atoms with Crippen molar-refractivity contribution in [1.29, 1.82) is 0 Å². The van der Waals surface area contributed by atoms with Crippen LogP contribution in [0.25, 0.3) is 5.69 Å². The molecule has 0 aliphatic carbocycles. The summed E-state index contributed by atoms with van der Waals surface area (Å²) in [5.74, 6) is -0.0601. The van der Waals surface area contributed by atoms with Crippen LogP contribution in [-0.2, 0) is 16.1 Å². The molecule has 1 saturated heterocycles. The monoisotopic (exact) mass is 376 g/mol. The van der Waals surface area contributed by atoms with Gasteiger partial charge in [0.15, 0.2) is 0 Å². The summed E-state index contributed by atoms with van der Waals surface area (Å²) in [6.07, 6.45) is 6.05. The molecule has 138 valence electrons. The lowest BCUT2D eigenvalue weighted by Gasteiger charge is -2.35. The fraction of sp³-hybridized carbons (Fsp3) is 0.444. The number of nitrogens with zero attached hydrogens (tertiary/aromatic N) is 4. The van der Waals surface area contributed by atoms with Crippen molar-refractivity contribution in [2.75, 3.05) is 12.4 Å². The Labute approximate surface area is 156 Å². The maximum absolute atomic E-state index is 13.3. The number of carbonyl (C=O) groups is 2. The summed E-state index contributed by atoms with van der Waals surface area (Å²) in [6.45, 7) is 2.14. The van der Waals surface area contributed by atoms with Crippen LogP contribution in [0.3, 0.4) is 0 Å². The molecule has 0 unspecified atom stereocenters. The second-order valence-electron chi connectivity index (χ2n) is 6.25. The third-order valence-corrected chi connectivity index (χ3v) is 4.79. The molecule has 1 atom stereocenters. The van der Waals surface area contributed by atoms with Crippen LogP contribution in [0.1, 0.15) is 42.1 Å². The first-order chi connectivity index (χ1) is 12.6. The number of hydrogen-bond acceptors (Lipinski definition) is 5. The van der Waals surface area contributed by atoms with E-state index >= 15 is 0 Å². The average molecular weight is 377 g/mol. The summed E-state index contributed by atoms with van der Waals surface area (Å²) in [5, 5.41) is 8.28. The van der Waals surface area contributed by atoms with Crippen molar-refractivity contribution in [3.05, 3.63) is 41.7 Å². The van der Waals surface area contributed by atoms with Crippen molar-refractivity contribution in [2.24, 2.45) is 0 Å². The molecular weight excluding hydrogens is 356 g/mol. The molecule has 1 aliphatic rings. The summed E-state index contributed by atoms with van der Waals surface area (Å²) < 4.78 is 5.06. The minimum atomic E-state index is -0.367. The molecule has 1 fully saturated rings. The number of esters is 1. The Morgan fingerprint density at radius 1 is 1.27 bits per heavy atom. The van der Waals surface area contributed by atoms with E-state index < -0.39 is 0 Å². The van der Waals surface area contributed by atoms with Gasteiger partial charge in [0.1, 0.15) is 6.61 Å². The van der Waals surface area contributed by atoms with Gasteiger partial charge in [-0.2, -0.15) is 15.0 Å². The highest BCUT2D eigenvalue weighted by Gasteiger charge is 2.29. The zero-order valence-corrected chi connectivity index (χ0v) is 15.4. The predicted octanol–water partition coefficient (Wildman–Crippen LogP) is 2.56. The molecule has 1 aliphatic heterocycles. The SMILES string of the molecule is CC(=O)OCc1ccc(-n2nccn2)c(C(=O)N2CCCC[C@H]2CCl)c1. The molecule has 2 heterocycles. The molecule has 0 radical (unpaired) electrons. The topological polar surface area (TPSA) is 77.3 Å². The van der Waals surface area contributed by atoms with Gasteiger partial charge in [-0.1, -0.05) is 6.07 Å². The zero-order chi connectivity index (χ0) is 18.5. The molecule has 0 spiro atoms. The molecule has 1 amide bonds. The van der Waals surface area contributed by atoms with Crippen LogP contribution in [0.4, 0.5) is 0 Å². The van der Waals surface area contributed by atoms with Crippen molar-refractivity contribution < 1.29 is 14.3 Å². The summed E-state index contributed by atoms with van der Waals surface area (Å²) in [7, 11) is 0. The Balaban J connectivity index is 1.96. The third kappa shape index (κ3) is 4.04. The van der Waals surface area contributed by atoms with E-state index in [0.29, 0.717) is 23.7 Å². The maximum atomic E-state index is 13.3. The third-order valence-electron chi connectivity index (χ3n) is 4.43. The van der Waals surface area contributed by atoms with Crippen molar-refractivity contribution >= 4 is 23.5 Å². The van der Waals surface area contributed by atoms with E-state index in [4.69, 9.17) is 16.3 Å². The number of rotatable bonds is 5. The van der Waals surface area contributed by atoms with Crippen LogP contribution in [0.5, 0.6) is 0 Å². The van der Waals surface area contributed by atoms with E-state index in [1.165, 1.54) is 11.7 Å². The van der Waals surface area contributed by atoms with Crippen LogP contribution >= 0.6 is 11.6 Å². The first-order valence-electron chi connectivity index (χ1n) is 8.60. The van der Waals surface area contributed by atoms with Gasteiger partial charge in [0, 0.05) is 25.4 Å². The number of halogens is 1. The molecule has 7 nitrogen and oxygen atoms in total. The van der Waals surface area contributed by atoms with Crippen LogP contribution in [-0.4, -0.2) is 50.2 Å². The Bertz CT molecular complexity index is 779. The number of likely N-dealkylation sites (tertiary alicyclic amines) is 1. The Kier molecular flexibility index (Phi) is 5.88. The number of ether oxygens (including phenoxy) is 1. The molecule has 0 bridgehead atoms. The van der Waals surface area contributed by atoms with E-state index in [1.54, 1.807) is 30.6 Å². The number of aromatic nitrogens is 3.